The largest absolute Gasteiger partial charge is 0.481 e. The second-order valence-electron chi connectivity index (χ2n) is 8.01. The van der Waals surface area contributed by atoms with Crippen LogP contribution in [0.15, 0.2) is 0 Å². The van der Waals surface area contributed by atoms with Crippen LogP contribution in [-0.4, -0.2) is 77.2 Å². The van der Waals surface area contributed by atoms with Crippen molar-refractivity contribution in [3.8, 4) is 0 Å². The summed E-state index contributed by atoms with van der Waals surface area (Å²) in [5, 5.41) is 16.5. The van der Waals surface area contributed by atoms with Crippen molar-refractivity contribution in [2.24, 2.45) is 17.4 Å². The lowest BCUT2D eigenvalue weighted by Crippen LogP contribution is -2.58. The highest BCUT2D eigenvalue weighted by Crippen LogP contribution is 2.11. The van der Waals surface area contributed by atoms with E-state index in [0.717, 1.165) is 0 Å². The molecule has 0 aliphatic rings. The molecule has 4 amide bonds. The van der Waals surface area contributed by atoms with Crippen LogP contribution in [0.1, 0.15) is 52.4 Å². The second kappa shape index (κ2) is 16.9. The van der Waals surface area contributed by atoms with Crippen molar-refractivity contribution in [3.05, 3.63) is 0 Å². The smallest absolute Gasteiger partial charge is 0.303 e. The zero-order valence-corrected chi connectivity index (χ0v) is 20.7. The number of thioether (sulfide) groups is 1. The van der Waals surface area contributed by atoms with Crippen molar-refractivity contribution in [1.82, 2.24) is 16.0 Å². The van der Waals surface area contributed by atoms with Gasteiger partial charge in [0.05, 0.1) is 12.1 Å². The van der Waals surface area contributed by atoms with Gasteiger partial charge >= 0.3 is 5.97 Å². The number of hydrogen-bond donors (Lipinski definition) is 6. The molecule has 0 saturated heterocycles. The van der Waals surface area contributed by atoms with Crippen LogP contribution in [0.25, 0.3) is 0 Å². The molecule has 0 rings (SSSR count). The average Bonchev–Trinajstić information content (AvgIpc) is 2.79. The fraction of sp³-hybridized carbons (Fsp3) is 0.714. The number of rotatable bonds is 18. The quantitative estimate of drug-likeness (QED) is 0.125. The molecule has 12 nitrogen and oxygen atoms in total. The van der Waals surface area contributed by atoms with Crippen LogP contribution >= 0.6 is 11.8 Å². The number of hydrogen-bond acceptors (Lipinski definition) is 8. The predicted molar refractivity (Wildman–Crippen MR) is 128 cm³/mol. The highest BCUT2D eigenvalue weighted by molar-refractivity contribution is 7.98. The topological polar surface area (TPSA) is 211 Å². The summed E-state index contributed by atoms with van der Waals surface area (Å²) in [6, 6.07) is -4.14. The van der Waals surface area contributed by atoms with E-state index in [0.29, 0.717) is 24.9 Å². The molecule has 0 aliphatic carbocycles. The normalized spacial score (nSPS) is 15.2. The van der Waals surface area contributed by atoms with Gasteiger partial charge < -0.3 is 37.3 Å². The number of nitrogens with two attached hydrogens (primary N) is 2. The Morgan fingerprint density at radius 3 is 2.12 bits per heavy atom. The number of amides is 4. The van der Waals surface area contributed by atoms with Gasteiger partial charge in [-0.15, -0.1) is 0 Å². The molecule has 5 atom stereocenters. The van der Waals surface area contributed by atoms with Gasteiger partial charge in [0.25, 0.3) is 0 Å². The lowest BCUT2D eigenvalue weighted by molar-refractivity contribution is -0.138. The highest BCUT2D eigenvalue weighted by Gasteiger charge is 2.31. The predicted octanol–water partition coefficient (Wildman–Crippen LogP) is -1.10. The van der Waals surface area contributed by atoms with Crippen LogP contribution in [0.3, 0.4) is 0 Å². The van der Waals surface area contributed by atoms with Gasteiger partial charge in [-0.3, -0.25) is 24.0 Å². The highest BCUT2D eigenvalue weighted by atomic mass is 32.2. The lowest BCUT2D eigenvalue weighted by Gasteiger charge is -2.27. The van der Waals surface area contributed by atoms with Gasteiger partial charge in [0.15, 0.2) is 0 Å². The van der Waals surface area contributed by atoms with E-state index in [1.807, 2.05) is 13.2 Å². The van der Waals surface area contributed by atoms with Crippen molar-refractivity contribution < 1.29 is 33.9 Å². The van der Waals surface area contributed by atoms with E-state index < -0.39 is 60.2 Å². The first-order chi connectivity index (χ1) is 16.0. The summed E-state index contributed by atoms with van der Waals surface area (Å²) in [4.78, 5) is 71.4. The number of carboxylic acid groups (broad SMARTS) is 1. The minimum Gasteiger partial charge on any atom is -0.481 e. The molecule has 0 heterocycles. The molecule has 8 N–H and O–H groups in total. The number of carbonyl (C=O) groups is 6. The third-order valence-electron chi connectivity index (χ3n) is 5.24. The molecule has 0 radical (unpaired) electrons. The third kappa shape index (κ3) is 12.5. The molecule has 0 spiro atoms. The molecular weight excluding hydrogens is 466 g/mol. The van der Waals surface area contributed by atoms with Crippen LogP contribution in [-0.2, 0) is 28.8 Å². The first kappa shape index (κ1) is 31.3. The molecule has 0 unspecified atom stereocenters. The molecule has 0 aromatic rings. The summed E-state index contributed by atoms with van der Waals surface area (Å²) in [6.45, 7) is 3.57. The van der Waals surface area contributed by atoms with Gasteiger partial charge in [0, 0.05) is 12.8 Å². The van der Waals surface area contributed by atoms with Crippen molar-refractivity contribution in [3.63, 3.8) is 0 Å². The van der Waals surface area contributed by atoms with E-state index in [-0.39, 0.29) is 25.2 Å². The van der Waals surface area contributed by atoms with Gasteiger partial charge in [0.2, 0.25) is 23.6 Å². The maximum absolute atomic E-state index is 13.0. The van der Waals surface area contributed by atoms with E-state index in [1.165, 1.54) is 11.8 Å². The van der Waals surface area contributed by atoms with Crippen molar-refractivity contribution >= 4 is 47.6 Å². The monoisotopic (exact) mass is 503 g/mol. The number of carbonyl (C=O) groups excluding carboxylic acids is 5. The molecule has 0 aliphatic heterocycles. The molecule has 13 heteroatoms. The molecular formula is C21H37N5O7S. The Morgan fingerprint density at radius 2 is 1.62 bits per heavy atom. The van der Waals surface area contributed by atoms with Crippen LogP contribution in [0.4, 0.5) is 0 Å². The first-order valence-corrected chi connectivity index (χ1v) is 12.5. The SMILES string of the molecule is CC[C@H](C)[C@H](NC(=O)[C@@H](N)CCSC)C(=O)N[C@@H](CCC(=O)O)C(=O)N[C@H](C=O)CCC(N)=O. The van der Waals surface area contributed by atoms with E-state index >= 15 is 0 Å². The van der Waals surface area contributed by atoms with Gasteiger partial charge in [-0.2, -0.15) is 11.8 Å². The second-order valence-corrected chi connectivity index (χ2v) is 9.00. The maximum Gasteiger partial charge on any atom is 0.303 e. The van der Waals surface area contributed by atoms with E-state index in [1.54, 1.807) is 6.92 Å². The Hall–Kier alpha value is -2.67. The van der Waals surface area contributed by atoms with Crippen molar-refractivity contribution in [1.29, 1.82) is 0 Å². The van der Waals surface area contributed by atoms with Crippen molar-refractivity contribution in [2.45, 2.75) is 76.5 Å². The fourth-order valence-corrected chi connectivity index (χ4v) is 3.38. The van der Waals surface area contributed by atoms with Crippen LogP contribution in [0, 0.1) is 5.92 Å². The summed E-state index contributed by atoms with van der Waals surface area (Å²) in [7, 11) is 0. The molecule has 34 heavy (non-hydrogen) atoms. The zero-order valence-electron chi connectivity index (χ0n) is 19.9. The third-order valence-corrected chi connectivity index (χ3v) is 5.88. The first-order valence-electron chi connectivity index (χ1n) is 11.1. The summed E-state index contributed by atoms with van der Waals surface area (Å²) < 4.78 is 0. The molecule has 0 aromatic heterocycles. The van der Waals surface area contributed by atoms with E-state index in [9.17, 15) is 28.8 Å². The number of aliphatic carboxylic acids is 1. The number of primary amides is 1. The Kier molecular flexibility index (Phi) is 15.5. The maximum atomic E-state index is 13.0. The van der Waals surface area contributed by atoms with Gasteiger partial charge in [0.1, 0.15) is 18.4 Å². The van der Waals surface area contributed by atoms with Crippen LogP contribution in [0.5, 0.6) is 0 Å². The van der Waals surface area contributed by atoms with Crippen LogP contribution in [0.2, 0.25) is 0 Å². The molecule has 0 fully saturated rings. The van der Waals surface area contributed by atoms with Gasteiger partial charge in [-0.05, 0) is 37.2 Å². The molecule has 0 saturated carbocycles. The Bertz CT molecular complexity index is 722. The standard InChI is InChI=1S/C21H37N5O7S/c1-4-12(2)18(26-19(31)14(22)9-10-34-3)21(33)25-15(6-8-17(29)30)20(32)24-13(11-27)5-7-16(23)28/h11-15,18H,4-10,22H2,1-3H3,(H2,23,28)(H,24,32)(H,25,33)(H,26,31)(H,29,30)/t12-,13-,14-,15-,18-/m0/s1. The number of carboxylic acids is 1. The fourth-order valence-electron chi connectivity index (χ4n) is 2.89. The average molecular weight is 504 g/mol. The van der Waals surface area contributed by atoms with Gasteiger partial charge in [-0.25, -0.2) is 0 Å². The minimum absolute atomic E-state index is 0.0380. The van der Waals surface area contributed by atoms with E-state index in [4.69, 9.17) is 16.6 Å². The zero-order chi connectivity index (χ0) is 26.3. The summed E-state index contributed by atoms with van der Waals surface area (Å²) >= 11 is 1.53. The van der Waals surface area contributed by atoms with E-state index in [2.05, 4.69) is 16.0 Å². The number of aldehydes is 1. The summed E-state index contributed by atoms with van der Waals surface area (Å²) in [6.07, 6.45) is 2.40. The van der Waals surface area contributed by atoms with Crippen molar-refractivity contribution in [2.75, 3.05) is 12.0 Å². The lowest BCUT2D eigenvalue weighted by atomic mass is 9.97. The van der Waals surface area contributed by atoms with Gasteiger partial charge in [-0.1, -0.05) is 20.3 Å². The molecule has 0 aromatic carbocycles. The summed E-state index contributed by atoms with van der Waals surface area (Å²) in [5.74, 6) is -3.45. The Labute approximate surface area is 203 Å². The Balaban J connectivity index is 5.48. The van der Waals surface area contributed by atoms with Crippen LogP contribution < -0.4 is 27.4 Å². The number of nitrogens with one attached hydrogen (secondary N) is 3. The molecule has 0 bridgehead atoms. The minimum atomic E-state index is -1.28. The molecule has 194 valence electrons. The Morgan fingerprint density at radius 1 is 0.971 bits per heavy atom. The summed E-state index contributed by atoms with van der Waals surface area (Å²) in [5.41, 5.74) is 11.0.